The minimum absolute atomic E-state index is 0.0507. The number of aromatic hydroxyl groups is 1. The topological polar surface area (TPSA) is 123 Å². The molecule has 3 aromatic rings. The lowest BCUT2D eigenvalue weighted by atomic mass is 10.0. The normalized spacial score (nSPS) is 11.3. The van der Waals surface area contributed by atoms with E-state index >= 15 is 0 Å². The molecule has 0 spiro atoms. The van der Waals surface area contributed by atoms with Crippen LogP contribution in [0.1, 0.15) is 35.9 Å². The van der Waals surface area contributed by atoms with Gasteiger partial charge in [-0.25, -0.2) is 4.98 Å². The van der Waals surface area contributed by atoms with Crippen molar-refractivity contribution >= 4 is 37.9 Å². The molecule has 0 saturated carbocycles. The lowest BCUT2D eigenvalue weighted by Crippen LogP contribution is -2.10. The maximum atomic E-state index is 11.2. The molecule has 0 aliphatic carbocycles. The van der Waals surface area contributed by atoms with Crippen molar-refractivity contribution < 1.29 is 14.6 Å². The molecular formula is C23H28ClN4O3P. The Bertz CT molecular complexity index is 1080. The van der Waals surface area contributed by atoms with E-state index in [4.69, 9.17) is 27.8 Å². The first-order valence-corrected chi connectivity index (χ1v) is 10.9. The summed E-state index contributed by atoms with van der Waals surface area (Å²) in [6.45, 7) is 4.90. The van der Waals surface area contributed by atoms with Gasteiger partial charge in [-0.05, 0) is 56.4 Å². The van der Waals surface area contributed by atoms with Crippen molar-refractivity contribution in [2.24, 2.45) is 5.73 Å². The number of ether oxygens (including phenoxy) is 1. The molecule has 7 nitrogen and oxygen atoms in total. The van der Waals surface area contributed by atoms with Gasteiger partial charge < -0.3 is 26.6 Å². The van der Waals surface area contributed by atoms with Crippen LogP contribution < -0.4 is 26.8 Å². The van der Waals surface area contributed by atoms with Crippen LogP contribution in [-0.2, 0) is 0 Å². The van der Waals surface area contributed by atoms with Crippen molar-refractivity contribution in [2.75, 3.05) is 19.3 Å². The highest BCUT2D eigenvalue weighted by molar-refractivity contribution is 7.27. The van der Waals surface area contributed by atoms with Crippen LogP contribution in [0.25, 0.3) is 11.1 Å². The van der Waals surface area contributed by atoms with E-state index < -0.39 is 12.0 Å². The van der Waals surface area contributed by atoms with E-state index in [1.807, 2.05) is 7.05 Å². The largest absolute Gasteiger partial charge is 0.507 e. The van der Waals surface area contributed by atoms with E-state index in [2.05, 4.69) is 26.5 Å². The molecule has 2 atom stereocenters. The first kappa shape index (κ1) is 25.4. The van der Waals surface area contributed by atoms with Gasteiger partial charge in [-0.3, -0.25) is 4.79 Å². The molecule has 3 rings (SSSR count). The number of hydrogen-bond donors (Lipinski definition) is 4. The second-order valence-corrected chi connectivity index (χ2v) is 7.94. The number of phenols is 1. The molecule has 2 aromatic carbocycles. The molecule has 32 heavy (non-hydrogen) atoms. The molecule has 0 bridgehead atoms. The zero-order valence-electron chi connectivity index (χ0n) is 18.2. The summed E-state index contributed by atoms with van der Waals surface area (Å²) >= 11 is 6.24. The monoisotopic (exact) mass is 474 g/mol. The summed E-state index contributed by atoms with van der Waals surface area (Å²) in [6.07, 6.45) is 1.05. The van der Waals surface area contributed by atoms with Crippen molar-refractivity contribution in [2.45, 2.75) is 20.0 Å². The van der Waals surface area contributed by atoms with E-state index in [1.54, 1.807) is 55.6 Å². The maximum Gasteiger partial charge on any atom is 0.248 e. The van der Waals surface area contributed by atoms with E-state index in [9.17, 15) is 9.90 Å². The van der Waals surface area contributed by atoms with Gasteiger partial charge in [-0.2, -0.15) is 0 Å². The maximum absolute atomic E-state index is 11.2. The third-order valence-electron chi connectivity index (χ3n) is 4.64. The van der Waals surface area contributed by atoms with Crippen molar-refractivity contribution in [3.63, 3.8) is 0 Å². The number of carbonyl (C=O) groups excluding carboxylic acids is 1. The highest BCUT2D eigenvalue weighted by Gasteiger charge is 2.19. The molecule has 6 N–H and O–H groups in total. The van der Waals surface area contributed by atoms with Crippen molar-refractivity contribution in [1.29, 1.82) is 0 Å². The Morgan fingerprint density at radius 2 is 1.88 bits per heavy atom. The summed E-state index contributed by atoms with van der Waals surface area (Å²) in [5.74, 6) is 0.123. The number of carbonyl (C=O) groups is 1. The quantitative estimate of drug-likeness (QED) is 0.404. The second-order valence-electron chi connectivity index (χ2n) is 6.92. The average molecular weight is 475 g/mol. The van der Waals surface area contributed by atoms with Gasteiger partial charge in [0.1, 0.15) is 11.9 Å². The van der Waals surface area contributed by atoms with Crippen LogP contribution in [-0.4, -0.2) is 29.6 Å². The number of primary amides is 1. The Hall–Kier alpha value is -2.86. The number of amides is 1. The number of phenolic OH excluding ortho intramolecular Hbond substituents is 1. The van der Waals surface area contributed by atoms with Crippen LogP contribution in [0, 0.1) is 0 Å². The highest BCUT2D eigenvalue weighted by Crippen LogP contribution is 2.36. The minimum Gasteiger partial charge on any atom is -0.507 e. The van der Waals surface area contributed by atoms with Gasteiger partial charge in [0.05, 0.1) is 10.6 Å². The number of aromatic nitrogens is 1. The lowest BCUT2D eigenvalue weighted by molar-refractivity contribution is 0.100. The lowest BCUT2D eigenvalue weighted by Gasteiger charge is -2.19. The van der Waals surface area contributed by atoms with Gasteiger partial charge in [0.25, 0.3) is 0 Å². The number of rotatable bonds is 6. The Morgan fingerprint density at radius 1 is 1.25 bits per heavy atom. The highest BCUT2D eigenvalue weighted by atomic mass is 35.5. The molecule has 0 saturated heterocycles. The molecule has 0 radical (unpaired) electrons. The zero-order valence-corrected chi connectivity index (χ0v) is 20.1. The van der Waals surface area contributed by atoms with Crippen LogP contribution in [0.4, 0.5) is 5.82 Å². The summed E-state index contributed by atoms with van der Waals surface area (Å²) in [5, 5.41) is 14.3. The van der Waals surface area contributed by atoms with Crippen LogP contribution in [0.15, 0.2) is 48.7 Å². The fourth-order valence-corrected chi connectivity index (χ4v) is 3.33. The molecule has 0 aliphatic rings. The van der Waals surface area contributed by atoms with Gasteiger partial charge in [0.15, 0.2) is 11.6 Å². The number of nitrogens with one attached hydrogen (secondary N) is 1. The van der Waals surface area contributed by atoms with Crippen LogP contribution in [0.3, 0.4) is 0 Å². The molecule has 1 aromatic heterocycles. The average Bonchev–Trinajstić information content (AvgIpc) is 2.78. The number of anilines is 1. The number of nitrogens with two attached hydrogens (primary N) is 2. The standard InChI is InChI=1S/C20H19ClN3O3P.C3H9N/c1-10(17-14(21)6-7-16(28)18(17)25)27-15-8-13(9-24-19(15)22)11-2-4-12(5-3-11)20(23)26;1-3-4-2/h2-10,25H,28H2,1H3,(H2,22,24)(H2,23,26);4H,3H2,1-2H3. The summed E-state index contributed by atoms with van der Waals surface area (Å²) in [6, 6.07) is 11.9. The van der Waals surface area contributed by atoms with Crippen molar-refractivity contribution in [3.8, 4) is 22.6 Å². The van der Waals surface area contributed by atoms with Crippen molar-refractivity contribution in [3.05, 3.63) is 64.8 Å². The molecule has 2 unspecified atom stereocenters. The number of hydrogen-bond acceptors (Lipinski definition) is 6. The zero-order chi connectivity index (χ0) is 23.8. The Morgan fingerprint density at radius 3 is 2.44 bits per heavy atom. The van der Waals surface area contributed by atoms with E-state index in [0.29, 0.717) is 27.2 Å². The van der Waals surface area contributed by atoms with Crippen molar-refractivity contribution in [1.82, 2.24) is 10.3 Å². The molecule has 1 heterocycles. The molecular weight excluding hydrogens is 447 g/mol. The number of pyridine rings is 1. The molecule has 1 amide bonds. The summed E-state index contributed by atoms with van der Waals surface area (Å²) in [7, 11) is 4.38. The summed E-state index contributed by atoms with van der Waals surface area (Å²) in [4.78, 5) is 15.4. The number of benzene rings is 2. The van der Waals surface area contributed by atoms with Gasteiger partial charge in [-0.15, -0.1) is 9.24 Å². The Labute approximate surface area is 195 Å². The van der Waals surface area contributed by atoms with Gasteiger partial charge >= 0.3 is 0 Å². The smallest absolute Gasteiger partial charge is 0.248 e. The fourth-order valence-electron chi connectivity index (χ4n) is 2.77. The van der Waals surface area contributed by atoms with Gasteiger partial charge in [-0.1, -0.05) is 30.7 Å². The fraction of sp³-hybridized carbons (Fsp3) is 0.217. The minimum atomic E-state index is -0.565. The SMILES string of the molecule is CC(Oc1cc(-c2ccc(C(N)=O)cc2)cnc1N)c1c(Cl)ccc(P)c1O.CCNC. The number of nitrogen functional groups attached to an aromatic ring is 1. The van der Waals surface area contributed by atoms with Gasteiger partial charge in [0, 0.05) is 22.6 Å². The summed E-state index contributed by atoms with van der Waals surface area (Å²) in [5.41, 5.74) is 13.7. The van der Waals surface area contributed by atoms with Crippen LogP contribution in [0.5, 0.6) is 11.5 Å². The number of nitrogens with zero attached hydrogens (tertiary/aromatic N) is 1. The molecule has 9 heteroatoms. The van der Waals surface area contributed by atoms with Gasteiger partial charge in [0.2, 0.25) is 5.91 Å². The van der Waals surface area contributed by atoms with Crippen LogP contribution >= 0.6 is 20.8 Å². The molecule has 0 fully saturated rings. The predicted molar refractivity (Wildman–Crippen MR) is 134 cm³/mol. The number of halogens is 1. The first-order chi connectivity index (χ1) is 15.2. The first-order valence-electron chi connectivity index (χ1n) is 9.93. The Balaban J connectivity index is 0.000000837. The van der Waals surface area contributed by atoms with E-state index in [0.717, 1.165) is 17.7 Å². The molecule has 0 aliphatic heterocycles. The van der Waals surface area contributed by atoms with Crippen LogP contribution in [0.2, 0.25) is 5.02 Å². The second kappa shape index (κ2) is 11.7. The third kappa shape index (κ3) is 6.33. The summed E-state index contributed by atoms with van der Waals surface area (Å²) < 4.78 is 5.96. The van der Waals surface area contributed by atoms with E-state index in [-0.39, 0.29) is 11.6 Å². The third-order valence-corrected chi connectivity index (χ3v) is 5.44. The predicted octanol–water partition coefficient (Wildman–Crippen LogP) is 3.65. The Kier molecular flexibility index (Phi) is 9.27. The molecule has 170 valence electrons. The van der Waals surface area contributed by atoms with E-state index in [1.165, 1.54) is 0 Å².